The molecular formula is C21H20F2N2O2S. The van der Waals surface area contributed by atoms with Crippen LogP contribution in [0.3, 0.4) is 0 Å². The molecule has 4 nitrogen and oxygen atoms in total. The van der Waals surface area contributed by atoms with Gasteiger partial charge in [0.15, 0.2) is 0 Å². The Bertz CT molecular complexity index is 955. The number of nitrogens with zero attached hydrogens (tertiary/aromatic N) is 1. The molecule has 0 bridgehead atoms. The van der Waals surface area contributed by atoms with Crippen LogP contribution in [0.5, 0.6) is 5.75 Å². The van der Waals surface area contributed by atoms with Gasteiger partial charge >= 0.3 is 0 Å². The highest BCUT2D eigenvalue weighted by atomic mass is 32.1. The van der Waals surface area contributed by atoms with Crippen molar-refractivity contribution in [2.24, 2.45) is 5.92 Å². The first-order valence-corrected chi connectivity index (χ1v) is 9.71. The summed E-state index contributed by atoms with van der Waals surface area (Å²) in [5, 5.41) is 5.30. The molecule has 0 aliphatic rings. The zero-order valence-electron chi connectivity index (χ0n) is 15.5. The summed E-state index contributed by atoms with van der Waals surface area (Å²) in [6, 6.07) is 10.5. The van der Waals surface area contributed by atoms with Gasteiger partial charge in [-0.3, -0.25) is 4.79 Å². The maximum atomic E-state index is 13.6. The van der Waals surface area contributed by atoms with Crippen molar-refractivity contribution in [2.45, 2.75) is 20.5 Å². The zero-order valence-corrected chi connectivity index (χ0v) is 16.4. The number of ether oxygens (including phenoxy) is 1. The third kappa shape index (κ3) is 5.13. The van der Waals surface area contributed by atoms with Crippen LogP contribution in [0.2, 0.25) is 0 Å². The molecule has 0 aliphatic carbocycles. The van der Waals surface area contributed by atoms with Crippen LogP contribution in [0.4, 0.5) is 8.78 Å². The average molecular weight is 402 g/mol. The highest BCUT2D eigenvalue weighted by Crippen LogP contribution is 2.26. The minimum Gasteiger partial charge on any atom is -0.489 e. The minimum absolute atomic E-state index is 0.00286. The van der Waals surface area contributed by atoms with Gasteiger partial charge in [0.1, 0.15) is 34.7 Å². The van der Waals surface area contributed by atoms with E-state index in [0.29, 0.717) is 23.9 Å². The molecule has 0 radical (unpaired) electrons. The highest BCUT2D eigenvalue weighted by Gasteiger charge is 2.12. The topological polar surface area (TPSA) is 51.2 Å². The monoisotopic (exact) mass is 402 g/mol. The fraction of sp³-hybridized carbons (Fsp3) is 0.238. The summed E-state index contributed by atoms with van der Waals surface area (Å²) >= 11 is 1.39. The van der Waals surface area contributed by atoms with Gasteiger partial charge in [0.2, 0.25) is 0 Å². The van der Waals surface area contributed by atoms with E-state index in [4.69, 9.17) is 4.74 Å². The van der Waals surface area contributed by atoms with Gasteiger partial charge in [-0.05, 0) is 42.3 Å². The molecule has 1 heterocycles. The van der Waals surface area contributed by atoms with Crippen molar-refractivity contribution < 1.29 is 18.3 Å². The first-order valence-electron chi connectivity index (χ1n) is 8.83. The molecule has 1 N–H and O–H groups in total. The van der Waals surface area contributed by atoms with Crippen molar-refractivity contribution in [1.82, 2.24) is 10.3 Å². The Hall–Kier alpha value is -2.80. The number of amides is 1. The molecule has 0 unspecified atom stereocenters. The lowest BCUT2D eigenvalue weighted by Crippen LogP contribution is -2.27. The molecule has 0 saturated heterocycles. The van der Waals surface area contributed by atoms with E-state index in [1.54, 1.807) is 17.5 Å². The molecule has 2 aromatic carbocycles. The van der Waals surface area contributed by atoms with Gasteiger partial charge in [-0.15, -0.1) is 11.3 Å². The van der Waals surface area contributed by atoms with Gasteiger partial charge in [-0.1, -0.05) is 13.8 Å². The van der Waals surface area contributed by atoms with Gasteiger partial charge in [-0.2, -0.15) is 0 Å². The normalized spacial score (nSPS) is 10.9. The van der Waals surface area contributed by atoms with Crippen molar-refractivity contribution in [1.29, 1.82) is 0 Å². The minimum atomic E-state index is -0.636. The van der Waals surface area contributed by atoms with Gasteiger partial charge in [0.25, 0.3) is 5.91 Å². The number of benzene rings is 2. The number of rotatable bonds is 7. The van der Waals surface area contributed by atoms with Gasteiger partial charge in [0, 0.05) is 29.1 Å². The van der Waals surface area contributed by atoms with Crippen LogP contribution >= 0.6 is 11.3 Å². The predicted octanol–water partition coefficient (Wildman–Crippen LogP) is 5.05. The lowest BCUT2D eigenvalue weighted by molar-refractivity contribution is 0.0945. The summed E-state index contributed by atoms with van der Waals surface area (Å²) in [6.45, 7) is 4.66. The molecule has 0 spiro atoms. The SMILES string of the molecule is CC(C)CNC(=O)c1csc(-c2ccc(OCc3ccc(F)cc3F)cc2)n1. The molecular weight excluding hydrogens is 382 g/mol. The Morgan fingerprint density at radius 1 is 1.18 bits per heavy atom. The van der Waals surface area contributed by atoms with Crippen LogP contribution in [-0.2, 0) is 6.61 Å². The second kappa shape index (κ2) is 8.93. The maximum absolute atomic E-state index is 13.6. The number of nitrogens with one attached hydrogen (secondary N) is 1. The molecule has 0 saturated carbocycles. The van der Waals surface area contributed by atoms with Gasteiger partial charge in [-0.25, -0.2) is 13.8 Å². The van der Waals surface area contributed by atoms with Crippen molar-refractivity contribution in [3.63, 3.8) is 0 Å². The van der Waals surface area contributed by atoms with E-state index in [1.165, 1.54) is 23.5 Å². The Morgan fingerprint density at radius 2 is 1.93 bits per heavy atom. The molecule has 3 aromatic rings. The summed E-state index contributed by atoms with van der Waals surface area (Å²) in [4.78, 5) is 16.5. The van der Waals surface area contributed by atoms with E-state index >= 15 is 0 Å². The summed E-state index contributed by atoms with van der Waals surface area (Å²) in [7, 11) is 0. The lowest BCUT2D eigenvalue weighted by atomic mass is 10.2. The van der Waals surface area contributed by atoms with E-state index in [9.17, 15) is 13.6 Å². The number of carbonyl (C=O) groups excluding carboxylic acids is 1. The second-order valence-electron chi connectivity index (χ2n) is 6.69. The Kier molecular flexibility index (Phi) is 6.36. The van der Waals surface area contributed by atoms with E-state index in [2.05, 4.69) is 10.3 Å². The highest BCUT2D eigenvalue weighted by molar-refractivity contribution is 7.13. The third-order valence-corrected chi connectivity index (χ3v) is 4.81. The van der Waals surface area contributed by atoms with E-state index < -0.39 is 11.6 Å². The van der Waals surface area contributed by atoms with Crippen molar-refractivity contribution in [3.05, 3.63) is 70.7 Å². The van der Waals surface area contributed by atoms with Crippen LogP contribution in [0, 0.1) is 17.6 Å². The molecule has 1 amide bonds. The van der Waals surface area contributed by atoms with Crippen molar-refractivity contribution >= 4 is 17.2 Å². The first kappa shape index (κ1) is 19.9. The Morgan fingerprint density at radius 3 is 2.61 bits per heavy atom. The fourth-order valence-electron chi connectivity index (χ4n) is 2.39. The Labute approximate surface area is 166 Å². The number of aromatic nitrogens is 1. The molecule has 146 valence electrons. The number of carbonyl (C=O) groups is 1. The number of hydrogen-bond donors (Lipinski definition) is 1. The smallest absolute Gasteiger partial charge is 0.270 e. The number of hydrogen-bond acceptors (Lipinski definition) is 4. The third-order valence-electron chi connectivity index (χ3n) is 3.92. The molecule has 0 atom stereocenters. The van der Waals surface area contributed by atoms with Crippen LogP contribution < -0.4 is 10.1 Å². The van der Waals surface area contributed by atoms with Crippen LogP contribution in [0.1, 0.15) is 29.9 Å². The van der Waals surface area contributed by atoms with E-state index in [0.717, 1.165) is 16.6 Å². The number of thiazole rings is 1. The Balaban J connectivity index is 1.62. The van der Waals surface area contributed by atoms with E-state index in [1.807, 2.05) is 26.0 Å². The summed E-state index contributed by atoms with van der Waals surface area (Å²) in [5.41, 5.74) is 1.53. The largest absolute Gasteiger partial charge is 0.489 e. The predicted molar refractivity (Wildman–Crippen MR) is 105 cm³/mol. The van der Waals surface area contributed by atoms with Crippen LogP contribution in [0.25, 0.3) is 10.6 Å². The van der Waals surface area contributed by atoms with Crippen LogP contribution in [-0.4, -0.2) is 17.4 Å². The number of halogens is 2. The average Bonchev–Trinajstić information content (AvgIpc) is 3.16. The van der Waals surface area contributed by atoms with Gasteiger partial charge in [0.05, 0.1) is 0 Å². The first-order chi connectivity index (χ1) is 13.4. The molecule has 0 fully saturated rings. The van der Waals surface area contributed by atoms with Crippen molar-refractivity contribution in [3.8, 4) is 16.3 Å². The molecule has 7 heteroatoms. The molecule has 3 rings (SSSR count). The molecule has 1 aromatic heterocycles. The molecule has 28 heavy (non-hydrogen) atoms. The van der Waals surface area contributed by atoms with Gasteiger partial charge < -0.3 is 10.1 Å². The summed E-state index contributed by atoms with van der Waals surface area (Å²) in [6.07, 6.45) is 0. The maximum Gasteiger partial charge on any atom is 0.270 e. The second-order valence-corrected chi connectivity index (χ2v) is 7.55. The lowest BCUT2D eigenvalue weighted by Gasteiger charge is -2.08. The summed E-state index contributed by atoms with van der Waals surface area (Å²) in [5.74, 6) is -0.511. The molecule has 0 aliphatic heterocycles. The standard InChI is InChI=1S/C21H20F2N2O2S/c1-13(2)10-24-20(26)19-12-28-21(25-19)14-4-7-17(8-5-14)27-11-15-3-6-16(22)9-18(15)23/h3-9,12-13H,10-11H2,1-2H3,(H,24,26). The zero-order chi connectivity index (χ0) is 20.1. The van der Waals surface area contributed by atoms with E-state index in [-0.39, 0.29) is 18.1 Å². The van der Waals surface area contributed by atoms with Crippen LogP contribution in [0.15, 0.2) is 47.8 Å². The quantitative estimate of drug-likeness (QED) is 0.601. The fourth-order valence-corrected chi connectivity index (χ4v) is 3.20. The van der Waals surface area contributed by atoms with Crippen molar-refractivity contribution in [2.75, 3.05) is 6.54 Å². The summed E-state index contributed by atoms with van der Waals surface area (Å²) < 4.78 is 32.1.